The zero-order valence-corrected chi connectivity index (χ0v) is 7.88. The van der Waals surface area contributed by atoms with Gasteiger partial charge in [-0.3, -0.25) is 4.98 Å². The number of hydrogen-bond donors (Lipinski definition) is 1. The summed E-state index contributed by atoms with van der Waals surface area (Å²) in [6.07, 6.45) is 1.75. The molecule has 2 aromatic rings. The zero-order valence-electron chi connectivity index (χ0n) is 7.06. The lowest BCUT2D eigenvalue weighted by Gasteiger charge is -1.94. The van der Waals surface area contributed by atoms with Crippen LogP contribution in [0.4, 0.5) is 5.13 Å². The van der Waals surface area contributed by atoms with E-state index in [0.717, 1.165) is 11.3 Å². The Kier molecular flexibility index (Phi) is 1.94. The fourth-order valence-corrected chi connectivity index (χ4v) is 1.41. The highest BCUT2D eigenvalue weighted by Crippen LogP contribution is 2.17. The van der Waals surface area contributed by atoms with Gasteiger partial charge in [0.1, 0.15) is 0 Å². The molecule has 0 aromatic carbocycles. The molecule has 2 N–H and O–H groups in total. The van der Waals surface area contributed by atoms with Crippen molar-refractivity contribution in [3.05, 3.63) is 24.0 Å². The molecule has 5 heteroatoms. The number of aryl methyl sites for hydroxylation is 1. The van der Waals surface area contributed by atoms with E-state index in [2.05, 4.69) is 14.3 Å². The standard InChI is InChI=1S/C8H8N4S/c1-5-2-3-6(4-10-5)7-11-8(9)13-12-7/h2-4H,1H3,(H2,9,11,12). The molecule has 2 aromatic heterocycles. The number of rotatable bonds is 1. The van der Waals surface area contributed by atoms with Crippen LogP contribution in [-0.4, -0.2) is 14.3 Å². The second-order valence-corrected chi connectivity index (χ2v) is 3.43. The molecule has 0 unspecified atom stereocenters. The van der Waals surface area contributed by atoms with Crippen LogP contribution in [0.5, 0.6) is 0 Å². The van der Waals surface area contributed by atoms with Gasteiger partial charge < -0.3 is 5.73 Å². The van der Waals surface area contributed by atoms with E-state index < -0.39 is 0 Å². The van der Waals surface area contributed by atoms with E-state index in [4.69, 9.17) is 5.73 Å². The Morgan fingerprint density at radius 1 is 1.38 bits per heavy atom. The summed E-state index contributed by atoms with van der Waals surface area (Å²) in [5.74, 6) is 0.648. The predicted octanol–water partition coefficient (Wildman–Crippen LogP) is 1.49. The SMILES string of the molecule is Cc1ccc(-c2nsc(N)n2)cn1. The fourth-order valence-electron chi connectivity index (χ4n) is 0.953. The summed E-state index contributed by atoms with van der Waals surface area (Å²) < 4.78 is 4.08. The Hall–Kier alpha value is -1.49. The molecule has 0 aliphatic rings. The van der Waals surface area contributed by atoms with Crippen LogP contribution in [0.15, 0.2) is 18.3 Å². The molecule has 2 rings (SSSR count). The summed E-state index contributed by atoms with van der Waals surface area (Å²) in [6.45, 7) is 1.94. The van der Waals surface area contributed by atoms with E-state index in [0.29, 0.717) is 11.0 Å². The van der Waals surface area contributed by atoms with Crippen molar-refractivity contribution >= 4 is 16.7 Å². The maximum Gasteiger partial charge on any atom is 0.200 e. The molecule has 13 heavy (non-hydrogen) atoms. The van der Waals surface area contributed by atoms with Crippen molar-refractivity contribution in [1.82, 2.24) is 14.3 Å². The van der Waals surface area contributed by atoms with E-state index in [1.807, 2.05) is 19.1 Å². The van der Waals surface area contributed by atoms with Crippen molar-refractivity contribution in [2.24, 2.45) is 0 Å². The number of hydrogen-bond acceptors (Lipinski definition) is 5. The second-order valence-electron chi connectivity index (χ2n) is 2.64. The average Bonchev–Trinajstić information content (AvgIpc) is 2.53. The highest BCUT2D eigenvalue weighted by molar-refractivity contribution is 7.09. The van der Waals surface area contributed by atoms with Crippen LogP contribution in [0.3, 0.4) is 0 Å². The van der Waals surface area contributed by atoms with Gasteiger partial charge in [0.15, 0.2) is 11.0 Å². The number of aromatic nitrogens is 3. The largest absolute Gasteiger partial charge is 0.374 e. The smallest absolute Gasteiger partial charge is 0.200 e. The fraction of sp³-hybridized carbons (Fsp3) is 0.125. The lowest BCUT2D eigenvalue weighted by Crippen LogP contribution is -1.86. The Morgan fingerprint density at radius 3 is 2.77 bits per heavy atom. The second kappa shape index (κ2) is 3.10. The van der Waals surface area contributed by atoms with Crippen molar-refractivity contribution in [2.45, 2.75) is 6.92 Å². The first kappa shape index (κ1) is 8.12. The van der Waals surface area contributed by atoms with Gasteiger partial charge >= 0.3 is 0 Å². The maximum absolute atomic E-state index is 5.47. The van der Waals surface area contributed by atoms with Gasteiger partial charge in [0.2, 0.25) is 0 Å². The number of nitrogens with zero attached hydrogens (tertiary/aromatic N) is 3. The molecule has 0 spiro atoms. The van der Waals surface area contributed by atoms with Crippen molar-refractivity contribution in [2.75, 3.05) is 5.73 Å². The van der Waals surface area contributed by atoms with Crippen LogP contribution in [0.1, 0.15) is 5.69 Å². The third kappa shape index (κ3) is 1.65. The Balaban J connectivity index is 2.41. The minimum Gasteiger partial charge on any atom is -0.374 e. The van der Waals surface area contributed by atoms with E-state index in [1.165, 1.54) is 11.5 Å². The summed E-state index contributed by atoms with van der Waals surface area (Å²) in [6, 6.07) is 3.86. The lowest BCUT2D eigenvalue weighted by atomic mass is 10.2. The summed E-state index contributed by atoms with van der Waals surface area (Å²) in [5, 5.41) is 0.482. The topological polar surface area (TPSA) is 64.7 Å². The highest BCUT2D eigenvalue weighted by Gasteiger charge is 2.03. The van der Waals surface area contributed by atoms with Crippen molar-refractivity contribution < 1.29 is 0 Å². The molecule has 0 saturated heterocycles. The summed E-state index contributed by atoms with van der Waals surface area (Å²) in [4.78, 5) is 8.20. The maximum atomic E-state index is 5.47. The van der Waals surface area contributed by atoms with Crippen LogP contribution < -0.4 is 5.73 Å². The van der Waals surface area contributed by atoms with Gasteiger partial charge in [-0.2, -0.15) is 9.36 Å². The summed E-state index contributed by atoms with van der Waals surface area (Å²) in [5.41, 5.74) is 7.35. The minimum atomic E-state index is 0.482. The molecular weight excluding hydrogens is 184 g/mol. The van der Waals surface area contributed by atoms with Crippen LogP contribution in [0.2, 0.25) is 0 Å². The Bertz CT molecular complexity index is 406. The molecule has 0 bridgehead atoms. The third-order valence-electron chi connectivity index (χ3n) is 1.61. The summed E-state index contributed by atoms with van der Waals surface area (Å²) in [7, 11) is 0. The monoisotopic (exact) mass is 192 g/mol. The first-order valence-corrected chi connectivity index (χ1v) is 4.55. The van der Waals surface area contributed by atoms with E-state index >= 15 is 0 Å². The normalized spacial score (nSPS) is 10.2. The zero-order chi connectivity index (χ0) is 9.26. The van der Waals surface area contributed by atoms with Crippen LogP contribution in [0, 0.1) is 6.92 Å². The Morgan fingerprint density at radius 2 is 2.23 bits per heavy atom. The molecule has 66 valence electrons. The molecule has 0 saturated carbocycles. The van der Waals surface area contributed by atoms with Gasteiger partial charge in [-0.05, 0) is 19.1 Å². The molecule has 0 aliphatic carbocycles. The number of nitrogen functional groups attached to an aromatic ring is 1. The van der Waals surface area contributed by atoms with Crippen LogP contribution in [0.25, 0.3) is 11.4 Å². The third-order valence-corrected chi connectivity index (χ3v) is 2.15. The average molecular weight is 192 g/mol. The van der Waals surface area contributed by atoms with Gasteiger partial charge in [0.05, 0.1) is 0 Å². The first-order valence-electron chi connectivity index (χ1n) is 3.78. The summed E-state index contributed by atoms with van der Waals surface area (Å²) >= 11 is 1.19. The lowest BCUT2D eigenvalue weighted by molar-refractivity contribution is 1.19. The van der Waals surface area contributed by atoms with Gasteiger partial charge in [-0.25, -0.2) is 0 Å². The first-order chi connectivity index (χ1) is 6.25. The predicted molar refractivity (Wildman–Crippen MR) is 52.3 cm³/mol. The number of nitrogens with two attached hydrogens (primary N) is 1. The molecular formula is C8H8N4S. The molecule has 0 amide bonds. The van der Waals surface area contributed by atoms with Gasteiger partial charge in [0, 0.05) is 29.0 Å². The van der Waals surface area contributed by atoms with Crippen LogP contribution in [-0.2, 0) is 0 Å². The van der Waals surface area contributed by atoms with E-state index in [-0.39, 0.29) is 0 Å². The molecule has 0 aliphatic heterocycles. The Labute approximate surface area is 79.6 Å². The highest BCUT2D eigenvalue weighted by atomic mass is 32.1. The molecule has 0 fully saturated rings. The van der Waals surface area contributed by atoms with Crippen molar-refractivity contribution in [1.29, 1.82) is 0 Å². The molecule has 4 nitrogen and oxygen atoms in total. The minimum absolute atomic E-state index is 0.482. The number of pyridine rings is 1. The molecule has 0 radical (unpaired) electrons. The van der Waals surface area contributed by atoms with Gasteiger partial charge in [-0.15, -0.1) is 0 Å². The van der Waals surface area contributed by atoms with E-state index in [9.17, 15) is 0 Å². The van der Waals surface area contributed by atoms with Crippen molar-refractivity contribution in [3.63, 3.8) is 0 Å². The van der Waals surface area contributed by atoms with E-state index in [1.54, 1.807) is 6.20 Å². The van der Waals surface area contributed by atoms with Gasteiger partial charge in [-0.1, -0.05) is 0 Å². The molecule has 2 heterocycles. The van der Waals surface area contributed by atoms with Gasteiger partial charge in [0.25, 0.3) is 0 Å². The molecule has 0 atom stereocenters. The quantitative estimate of drug-likeness (QED) is 0.743. The van der Waals surface area contributed by atoms with Crippen LogP contribution >= 0.6 is 11.5 Å². The number of anilines is 1. The van der Waals surface area contributed by atoms with Crippen molar-refractivity contribution in [3.8, 4) is 11.4 Å².